The zero-order valence-electron chi connectivity index (χ0n) is 9.20. The van der Waals surface area contributed by atoms with Crippen molar-refractivity contribution in [2.24, 2.45) is 11.7 Å². The second kappa shape index (κ2) is 5.38. The molecule has 3 heteroatoms. The Morgan fingerprint density at radius 2 is 2.20 bits per heavy atom. The van der Waals surface area contributed by atoms with Gasteiger partial charge in [-0.15, -0.1) is 0 Å². The number of nitriles is 1. The fourth-order valence-corrected chi connectivity index (χ4v) is 1.39. The topological polar surface area (TPSA) is 61.8 Å². The van der Waals surface area contributed by atoms with Crippen LogP contribution >= 0.6 is 0 Å². The lowest BCUT2D eigenvalue weighted by Crippen LogP contribution is -2.33. The third-order valence-corrected chi connectivity index (χ3v) is 2.40. The Bertz CT molecular complexity index is 352. The van der Waals surface area contributed by atoms with Gasteiger partial charge in [-0.25, -0.2) is 0 Å². The van der Waals surface area contributed by atoms with E-state index in [2.05, 4.69) is 25.2 Å². The summed E-state index contributed by atoms with van der Waals surface area (Å²) in [6, 6.07) is 9.81. The molecule has 0 bridgehead atoms. The summed E-state index contributed by atoms with van der Waals surface area (Å²) in [4.78, 5) is 0. The number of benzene rings is 1. The first-order chi connectivity index (χ1) is 7.17. The smallest absolute Gasteiger partial charge is 0.0992 e. The lowest BCUT2D eigenvalue weighted by molar-refractivity contribution is 0.531. The van der Waals surface area contributed by atoms with E-state index in [0.29, 0.717) is 18.0 Å². The highest BCUT2D eigenvalue weighted by molar-refractivity contribution is 5.49. The molecule has 1 rings (SSSR count). The van der Waals surface area contributed by atoms with Gasteiger partial charge in [0.15, 0.2) is 0 Å². The van der Waals surface area contributed by atoms with Gasteiger partial charge < -0.3 is 11.1 Å². The number of hydrogen-bond acceptors (Lipinski definition) is 3. The van der Waals surface area contributed by atoms with Crippen molar-refractivity contribution >= 4 is 5.69 Å². The molecule has 1 aromatic rings. The minimum atomic E-state index is 0.249. The van der Waals surface area contributed by atoms with Crippen molar-refractivity contribution in [2.75, 3.05) is 11.9 Å². The van der Waals surface area contributed by atoms with Crippen LogP contribution in [0, 0.1) is 17.2 Å². The van der Waals surface area contributed by atoms with Crippen molar-refractivity contribution in [3.63, 3.8) is 0 Å². The molecule has 0 radical (unpaired) electrons. The van der Waals surface area contributed by atoms with Crippen LogP contribution in [0.5, 0.6) is 0 Å². The Kier molecular flexibility index (Phi) is 4.14. The molecule has 0 saturated carbocycles. The van der Waals surface area contributed by atoms with Crippen LogP contribution < -0.4 is 11.1 Å². The minimum absolute atomic E-state index is 0.249. The summed E-state index contributed by atoms with van der Waals surface area (Å²) in [7, 11) is 0. The average Bonchev–Trinajstić information content (AvgIpc) is 2.25. The van der Waals surface area contributed by atoms with E-state index in [1.807, 2.05) is 18.2 Å². The van der Waals surface area contributed by atoms with Gasteiger partial charge in [-0.3, -0.25) is 0 Å². The maximum atomic E-state index is 8.76. The first-order valence-corrected chi connectivity index (χ1v) is 5.14. The Balaban J connectivity index is 2.75. The molecule has 80 valence electrons. The summed E-state index contributed by atoms with van der Waals surface area (Å²) >= 11 is 0. The molecule has 3 nitrogen and oxygen atoms in total. The second-order valence-corrected chi connectivity index (χ2v) is 3.92. The van der Waals surface area contributed by atoms with E-state index in [1.54, 1.807) is 6.07 Å². The van der Waals surface area contributed by atoms with E-state index in [9.17, 15) is 0 Å². The first-order valence-electron chi connectivity index (χ1n) is 5.14. The number of rotatable bonds is 4. The van der Waals surface area contributed by atoms with Crippen LogP contribution in [0.3, 0.4) is 0 Å². The van der Waals surface area contributed by atoms with Crippen molar-refractivity contribution in [3.05, 3.63) is 29.8 Å². The summed E-state index contributed by atoms with van der Waals surface area (Å²) in [5.74, 6) is 0.473. The minimum Gasteiger partial charge on any atom is -0.381 e. The predicted molar refractivity (Wildman–Crippen MR) is 62.5 cm³/mol. The van der Waals surface area contributed by atoms with Crippen LogP contribution in [-0.4, -0.2) is 12.6 Å². The molecule has 0 fully saturated rings. The summed E-state index contributed by atoms with van der Waals surface area (Å²) in [6.07, 6.45) is 0. The zero-order chi connectivity index (χ0) is 11.3. The molecule has 1 atom stereocenters. The Hall–Kier alpha value is -1.53. The summed E-state index contributed by atoms with van der Waals surface area (Å²) in [5.41, 5.74) is 7.29. The van der Waals surface area contributed by atoms with E-state index in [4.69, 9.17) is 11.0 Å². The number of nitrogens with zero attached hydrogens (tertiary/aromatic N) is 1. The lowest BCUT2D eigenvalue weighted by Gasteiger charge is -2.21. The average molecular weight is 203 g/mol. The highest BCUT2D eigenvalue weighted by Crippen LogP contribution is 2.13. The van der Waals surface area contributed by atoms with Crippen molar-refractivity contribution in [3.8, 4) is 6.07 Å². The summed E-state index contributed by atoms with van der Waals surface area (Å²) < 4.78 is 0. The number of hydrogen-bond donors (Lipinski definition) is 2. The highest BCUT2D eigenvalue weighted by Gasteiger charge is 2.10. The fraction of sp³-hybridized carbons (Fsp3) is 0.417. The number of anilines is 1. The van der Waals surface area contributed by atoms with E-state index in [-0.39, 0.29) is 6.04 Å². The standard InChI is InChI=1S/C12H17N3/c1-9(2)12(8-14)15-11-5-3-4-10(6-11)7-13/h3-6,9,12,15H,8,14H2,1-2H3. The maximum Gasteiger partial charge on any atom is 0.0992 e. The second-order valence-electron chi connectivity index (χ2n) is 3.92. The van der Waals surface area contributed by atoms with Gasteiger partial charge in [0.2, 0.25) is 0 Å². The normalized spacial score (nSPS) is 12.2. The molecule has 0 aliphatic carbocycles. The van der Waals surface area contributed by atoms with Crippen LogP contribution in [0.25, 0.3) is 0 Å². The Morgan fingerprint density at radius 3 is 2.73 bits per heavy atom. The summed E-state index contributed by atoms with van der Waals surface area (Å²) in [5, 5.41) is 12.1. The largest absolute Gasteiger partial charge is 0.381 e. The first kappa shape index (κ1) is 11.5. The Labute approximate surface area is 90.9 Å². The SMILES string of the molecule is CC(C)C(CN)Nc1cccc(C#N)c1. The third kappa shape index (κ3) is 3.26. The van der Waals surface area contributed by atoms with Crippen LogP contribution in [-0.2, 0) is 0 Å². The molecule has 0 amide bonds. The predicted octanol–water partition coefficient (Wildman–Crippen LogP) is 1.95. The van der Waals surface area contributed by atoms with Gasteiger partial charge in [0, 0.05) is 18.3 Å². The van der Waals surface area contributed by atoms with Crippen molar-refractivity contribution in [1.82, 2.24) is 0 Å². The van der Waals surface area contributed by atoms with Gasteiger partial charge in [0.05, 0.1) is 11.6 Å². The van der Waals surface area contributed by atoms with Gasteiger partial charge in [-0.1, -0.05) is 19.9 Å². The molecule has 0 saturated heterocycles. The monoisotopic (exact) mass is 203 g/mol. The fourth-order valence-electron chi connectivity index (χ4n) is 1.39. The Morgan fingerprint density at radius 1 is 1.47 bits per heavy atom. The van der Waals surface area contributed by atoms with Crippen molar-refractivity contribution < 1.29 is 0 Å². The van der Waals surface area contributed by atoms with E-state index in [0.717, 1.165) is 5.69 Å². The highest BCUT2D eigenvalue weighted by atomic mass is 14.9. The molecule has 0 aliphatic rings. The van der Waals surface area contributed by atoms with Crippen LogP contribution in [0.1, 0.15) is 19.4 Å². The lowest BCUT2D eigenvalue weighted by atomic mass is 10.0. The molecule has 0 spiro atoms. The van der Waals surface area contributed by atoms with Gasteiger partial charge in [0.25, 0.3) is 0 Å². The van der Waals surface area contributed by atoms with Gasteiger partial charge in [-0.05, 0) is 24.1 Å². The third-order valence-electron chi connectivity index (χ3n) is 2.40. The molecule has 1 unspecified atom stereocenters. The van der Waals surface area contributed by atoms with Crippen LogP contribution in [0.15, 0.2) is 24.3 Å². The number of nitrogens with one attached hydrogen (secondary N) is 1. The molecule has 0 aromatic heterocycles. The van der Waals surface area contributed by atoms with Crippen LogP contribution in [0.4, 0.5) is 5.69 Å². The van der Waals surface area contributed by atoms with E-state index in [1.165, 1.54) is 0 Å². The van der Waals surface area contributed by atoms with E-state index >= 15 is 0 Å². The van der Waals surface area contributed by atoms with Crippen molar-refractivity contribution in [2.45, 2.75) is 19.9 Å². The molecule has 3 N–H and O–H groups in total. The molecule has 1 aromatic carbocycles. The summed E-state index contributed by atoms with van der Waals surface area (Å²) in [6.45, 7) is 4.84. The van der Waals surface area contributed by atoms with Gasteiger partial charge in [-0.2, -0.15) is 5.26 Å². The molecular formula is C12H17N3. The molecule has 0 heterocycles. The maximum absolute atomic E-state index is 8.76. The zero-order valence-corrected chi connectivity index (χ0v) is 9.20. The molecule has 0 aliphatic heterocycles. The molecule has 15 heavy (non-hydrogen) atoms. The van der Waals surface area contributed by atoms with Gasteiger partial charge in [0.1, 0.15) is 0 Å². The van der Waals surface area contributed by atoms with Gasteiger partial charge >= 0.3 is 0 Å². The number of nitrogens with two attached hydrogens (primary N) is 1. The van der Waals surface area contributed by atoms with Crippen LogP contribution in [0.2, 0.25) is 0 Å². The quantitative estimate of drug-likeness (QED) is 0.786. The molecular weight excluding hydrogens is 186 g/mol. The van der Waals surface area contributed by atoms with Crippen molar-refractivity contribution in [1.29, 1.82) is 5.26 Å². The van der Waals surface area contributed by atoms with E-state index < -0.39 is 0 Å².